The number of nitrogens with one attached hydrogen (secondary N) is 1. The van der Waals surface area contributed by atoms with Crippen molar-refractivity contribution in [3.8, 4) is 22.6 Å². The molecule has 0 saturated heterocycles. The molecular weight excluding hydrogens is 469 g/mol. The van der Waals surface area contributed by atoms with Crippen molar-refractivity contribution in [1.29, 1.82) is 0 Å². The predicted octanol–water partition coefficient (Wildman–Crippen LogP) is 6.30. The van der Waals surface area contributed by atoms with Crippen LogP contribution in [0.3, 0.4) is 0 Å². The van der Waals surface area contributed by atoms with E-state index < -0.39 is 16.9 Å². The maximum Gasteiger partial charge on any atom is 0.434 e. The maximum absolute atomic E-state index is 13.0. The van der Waals surface area contributed by atoms with Gasteiger partial charge in [-0.2, -0.15) is 18.3 Å². The molecule has 10 heteroatoms. The summed E-state index contributed by atoms with van der Waals surface area (Å²) in [5.41, 5.74) is 1.60. The molecule has 4 aromatic rings. The summed E-state index contributed by atoms with van der Waals surface area (Å²) < 4.78 is 49.6. The highest BCUT2D eigenvalue weighted by molar-refractivity contribution is 6.31. The molecule has 1 N–H and O–H groups in total. The van der Waals surface area contributed by atoms with Crippen LogP contribution >= 0.6 is 11.6 Å². The van der Waals surface area contributed by atoms with Crippen LogP contribution in [-0.2, 0) is 12.7 Å². The summed E-state index contributed by atoms with van der Waals surface area (Å²) in [4.78, 5) is 3.52. The van der Waals surface area contributed by atoms with E-state index in [1.807, 2.05) is 31.2 Å². The zero-order valence-corrected chi connectivity index (χ0v) is 19.3. The molecule has 0 unspecified atom stereocenters. The van der Waals surface area contributed by atoms with Gasteiger partial charge >= 0.3 is 6.18 Å². The Balaban J connectivity index is 1.66. The molecule has 0 amide bonds. The van der Waals surface area contributed by atoms with Crippen LogP contribution in [0.25, 0.3) is 21.9 Å². The number of alkyl halides is 3. The van der Waals surface area contributed by atoms with Gasteiger partial charge in [0.15, 0.2) is 11.5 Å². The number of methoxy groups -OCH3 is 2. The van der Waals surface area contributed by atoms with Crippen molar-refractivity contribution in [2.24, 2.45) is 0 Å². The summed E-state index contributed by atoms with van der Waals surface area (Å²) in [7, 11) is 3.17. The Labute approximate surface area is 198 Å². The van der Waals surface area contributed by atoms with E-state index in [0.29, 0.717) is 40.7 Å². The molecule has 176 valence electrons. The summed E-state index contributed by atoms with van der Waals surface area (Å²) >= 11 is 5.85. The lowest BCUT2D eigenvalue weighted by Crippen LogP contribution is -2.08. The Morgan fingerprint density at radius 1 is 0.941 bits per heavy atom. The third kappa shape index (κ3) is 4.70. The molecule has 0 saturated carbocycles. The number of halogens is 4. The van der Waals surface area contributed by atoms with Gasteiger partial charge in [-0.25, -0.2) is 4.98 Å². The van der Waals surface area contributed by atoms with Crippen molar-refractivity contribution >= 4 is 28.2 Å². The lowest BCUT2D eigenvalue weighted by Gasteiger charge is -2.14. The molecule has 4 rings (SSSR count). The van der Waals surface area contributed by atoms with Gasteiger partial charge in [0.2, 0.25) is 0 Å². The minimum atomic E-state index is -4.61. The largest absolute Gasteiger partial charge is 0.497 e. The molecule has 2 aromatic carbocycles. The minimum absolute atomic E-state index is 0.431. The fourth-order valence-corrected chi connectivity index (χ4v) is 3.85. The molecule has 2 aromatic heterocycles. The van der Waals surface area contributed by atoms with Crippen LogP contribution in [-0.4, -0.2) is 29.4 Å². The zero-order chi connectivity index (χ0) is 24.5. The molecule has 34 heavy (non-hydrogen) atoms. The van der Waals surface area contributed by atoms with Crippen molar-refractivity contribution in [2.45, 2.75) is 19.6 Å². The van der Waals surface area contributed by atoms with Crippen molar-refractivity contribution in [3.05, 3.63) is 70.6 Å². The fraction of sp³-hybridized carbons (Fsp3) is 0.208. The molecular formula is C24H20ClF3N4O2. The SMILES string of the molecule is COc1ccc(CNc2nnc(C)c3cc(-c4cnc(C(F)(F)F)c(Cl)c4)ccc23)c(OC)c1. The van der Waals surface area contributed by atoms with Gasteiger partial charge in [-0.05, 0) is 42.8 Å². The second kappa shape index (κ2) is 9.34. The van der Waals surface area contributed by atoms with Crippen LogP contribution in [0, 0.1) is 6.92 Å². The number of fused-ring (bicyclic) bond motifs is 1. The van der Waals surface area contributed by atoms with E-state index in [-0.39, 0.29) is 0 Å². The van der Waals surface area contributed by atoms with E-state index in [0.717, 1.165) is 22.5 Å². The molecule has 0 radical (unpaired) electrons. The number of nitrogens with zero attached hydrogens (tertiary/aromatic N) is 3. The summed E-state index contributed by atoms with van der Waals surface area (Å²) in [5, 5.41) is 13.0. The van der Waals surface area contributed by atoms with Gasteiger partial charge in [0.1, 0.15) is 11.5 Å². The Morgan fingerprint density at radius 2 is 1.74 bits per heavy atom. The van der Waals surface area contributed by atoms with Crippen LogP contribution in [0.1, 0.15) is 17.0 Å². The summed E-state index contributed by atoms with van der Waals surface area (Å²) in [6, 6.07) is 12.2. The average Bonchev–Trinajstić information content (AvgIpc) is 2.82. The van der Waals surface area contributed by atoms with Gasteiger partial charge in [-0.3, -0.25) is 0 Å². The van der Waals surface area contributed by atoms with E-state index in [1.165, 1.54) is 6.07 Å². The number of anilines is 1. The molecule has 0 spiro atoms. The molecule has 2 heterocycles. The highest BCUT2D eigenvalue weighted by Crippen LogP contribution is 2.36. The van der Waals surface area contributed by atoms with Crippen LogP contribution in [0.15, 0.2) is 48.7 Å². The van der Waals surface area contributed by atoms with E-state index in [1.54, 1.807) is 26.4 Å². The first-order valence-electron chi connectivity index (χ1n) is 10.2. The van der Waals surface area contributed by atoms with Gasteiger partial charge in [-0.15, -0.1) is 5.10 Å². The minimum Gasteiger partial charge on any atom is -0.497 e. The molecule has 0 bridgehead atoms. The Bertz CT molecular complexity index is 1360. The summed E-state index contributed by atoms with van der Waals surface area (Å²) in [5.74, 6) is 1.92. The summed E-state index contributed by atoms with van der Waals surface area (Å²) in [6.45, 7) is 2.24. The van der Waals surface area contributed by atoms with E-state index >= 15 is 0 Å². The van der Waals surface area contributed by atoms with Gasteiger partial charge in [0.05, 0.1) is 24.9 Å². The quantitative estimate of drug-likeness (QED) is 0.343. The molecule has 0 atom stereocenters. The Morgan fingerprint density at radius 3 is 2.41 bits per heavy atom. The molecule has 0 aliphatic carbocycles. The molecule has 0 fully saturated rings. The zero-order valence-electron chi connectivity index (χ0n) is 18.5. The normalized spacial score (nSPS) is 11.5. The standard InChI is InChI=1S/C24H20ClF3N4O2/c1-13-19-8-14(16-9-20(25)22(29-12-16)24(26,27)28)5-7-18(19)23(32-31-13)30-11-15-4-6-17(33-2)10-21(15)34-3/h4-10,12H,11H2,1-3H3,(H,30,32). The Kier molecular flexibility index (Phi) is 6.47. The first-order valence-corrected chi connectivity index (χ1v) is 10.5. The molecule has 0 aliphatic heterocycles. The highest BCUT2D eigenvalue weighted by Gasteiger charge is 2.35. The molecule has 6 nitrogen and oxygen atoms in total. The average molecular weight is 489 g/mol. The van der Waals surface area contributed by atoms with Gasteiger partial charge in [0.25, 0.3) is 0 Å². The van der Waals surface area contributed by atoms with Crippen LogP contribution in [0.5, 0.6) is 11.5 Å². The Hall–Kier alpha value is -3.59. The monoisotopic (exact) mass is 488 g/mol. The second-order valence-electron chi connectivity index (χ2n) is 7.48. The number of hydrogen-bond acceptors (Lipinski definition) is 6. The second-order valence-corrected chi connectivity index (χ2v) is 7.89. The van der Waals surface area contributed by atoms with Crippen molar-refractivity contribution in [3.63, 3.8) is 0 Å². The third-order valence-corrected chi connectivity index (χ3v) is 5.64. The topological polar surface area (TPSA) is 69.2 Å². The van der Waals surface area contributed by atoms with E-state index in [2.05, 4.69) is 20.5 Å². The predicted molar refractivity (Wildman–Crippen MR) is 124 cm³/mol. The lowest BCUT2D eigenvalue weighted by atomic mass is 10.0. The van der Waals surface area contributed by atoms with Gasteiger partial charge < -0.3 is 14.8 Å². The first kappa shape index (κ1) is 23.6. The van der Waals surface area contributed by atoms with Crippen molar-refractivity contribution < 1.29 is 22.6 Å². The summed E-state index contributed by atoms with van der Waals surface area (Å²) in [6.07, 6.45) is -3.45. The highest BCUT2D eigenvalue weighted by atomic mass is 35.5. The number of ether oxygens (including phenoxy) is 2. The van der Waals surface area contributed by atoms with Gasteiger partial charge in [0, 0.05) is 40.7 Å². The number of rotatable bonds is 6. The van der Waals surface area contributed by atoms with Crippen LogP contribution in [0.2, 0.25) is 5.02 Å². The van der Waals surface area contributed by atoms with Gasteiger partial charge in [-0.1, -0.05) is 17.7 Å². The fourth-order valence-electron chi connectivity index (χ4n) is 3.57. The maximum atomic E-state index is 13.0. The molecule has 0 aliphatic rings. The van der Waals surface area contributed by atoms with Crippen molar-refractivity contribution in [1.82, 2.24) is 15.2 Å². The number of aryl methyl sites for hydroxylation is 1. The van der Waals surface area contributed by atoms with Crippen LogP contribution in [0.4, 0.5) is 19.0 Å². The number of benzene rings is 2. The van der Waals surface area contributed by atoms with Crippen molar-refractivity contribution in [2.75, 3.05) is 19.5 Å². The number of pyridine rings is 1. The number of aromatic nitrogens is 3. The smallest absolute Gasteiger partial charge is 0.434 e. The van der Waals surface area contributed by atoms with E-state index in [4.69, 9.17) is 21.1 Å². The first-order chi connectivity index (χ1) is 16.2. The number of hydrogen-bond donors (Lipinski definition) is 1. The van der Waals surface area contributed by atoms with E-state index in [9.17, 15) is 13.2 Å². The lowest BCUT2D eigenvalue weighted by molar-refractivity contribution is -0.141. The van der Waals surface area contributed by atoms with Crippen LogP contribution < -0.4 is 14.8 Å². The third-order valence-electron chi connectivity index (χ3n) is 5.35.